The van der Waals surface area contributed by atoms with Gasteiger partial charge in [-0.2, -0.15) is 0 Å². The number of benzene rings is 2. The Labute approximate surface area is 97.8 Å². The van der Waals surface area contributed by atoms with Crippen molar-refractivity contribution in [2.24, 2.45) is 0 Å². The van der Waals surface area contributed by atoms with E-state index in [2.05, 4.69) is 12.1 Å². The average Bonchev–Trinajstić information content (AvgIpc) is 2.17. The van der Waals surface area contributed by atoms with Crippen LogP contribution in [0.2, 0.25) is 0 Å². The monoisotopic (exact) mass is 236 g/mol. The Morgan fingerprint density at radius 1 is 1.07 bits per heavy atom. The first-order valence-electron chi connectivity index (χ1n) is 3.85. The Morgan fingerprint density at radius 3 is 2.50 bits per heavy atom. The smallest absolute Gasteiger partial charge is 0.516 e. The second-order valence-electron chi connectivity index (χ2n) is 2.61. The van der Waals surface area contributed by atoms with Crippen molar-refractivity contribution in [2.45, 2.75) is 0 Å². The molecule has 0 aliphatic carbocycles. The van der Waals surface area contributed by atoms with Gasteiger partial charge in [0.2, 0.25) is 0 Å². The van der Waals surface area contributed by atoms with Gasteiger partial charge in [-0.05, 0) is 0 Å². The molecule has 0 aliphatic heterocycles. The third kappa shape index (κ3) is 2.55. The van der Waals surface area contributed by atoms with Gasteiger partial charge in [0.25, 0.3) is 0 Å². The summed E-state index contributed by atoms with van der Waals surface area (Å²) in [6, 6.07) is 15.2. The van der Waals surface area contributed by atoms with Gasteiger partial charge in [0.1, 0.15) is 0 Å². The molecule has 0 aromatic heterocycles. The first-order chi connectivity index (χ1) is 5.90. The molecular formula is C12H12OZn. The fourth-order valence-corrected chi connectivity index (χ4v) is 1.22. The van der Waals surface area contributed by atoms with Gasteiger partial charge in [-0.3, -0.25) is 0 Å². The number of hydrogen-bond acceptors (Lipinski definition) is 1. The maximum absolute atomic E-state index is 5.07. The molecule has 0 saturated carbocycles. The molecule has 2 aromatic carbocycles. The number of ether oxygens (including phenoxy) is 1. The SMILES string of the molecule is COc1[c-]c2ccccc2cc1.[CH3-].[Zn+2]. The zero-order chi connectivity index (χ0) is 8.39. The summed E-state index contributed by atoms with van der Waals surface area (Å²) in [7, 11) is 1.65. The summed E-state index contributed by atoms with van der Waals surface area (Å²) < 4.78 is 5.07. The van der Waals surface area contributed by atoms with Crippen LogP contribution in [0.3, 0.4) is 0 Å². The van der Waals surface area contributed by atoms with Crippen LogP contribution < -0.4 is 4.74 Å². The van der Waals surface area contributed by atoms with E-state index in [4.69, 9.17) is 4.74 Å². The molecule has 0 spiro atoms. The first kappa shape index (κ1) is 13.1. The van der Waals surface area contributed by atoms with Crippen molar-refractivity contribution >= 4 is 10.8 Å². The van der Waals surface area contributed by atoms with E-state index < -0.39 is 0 Å². The molecule has 2 heteroatoms. The van der Waals surface area contributed by atoms with Gasteiger partial charge >= 0.3 is 19.5 Å². The van der Waals surface area contributed by atoms with Crippen LogP contribution in [0.4, 0.5) is 0 Å². The molecule has 0 aliphatic rings. The molecule has 0 saturated heterocycles. The van der Waals surface area contributed by atoms with Crippen LogP contribution >= 0.6 is 0 Å². The predicted octanol–water partition coefficient (Wildman–Crippen LogP) is 3.10. The fourth-order valence-electron chi connectivity index (χ4n) is 1.22. The molecule has 68 valence electrons. The first-order valence-corrected chi connectivity index (χ1v) is 3.85. The van der Waals surface area contributed by atoms with Crippen LogP contribution in [0.5, 0.6) is 5.75 Å². The van der Waals surface area contributed by atoms with Crippen molar-refractivity contribution in [2.75, 3.05) is 7.11 Å². The maximum Gasteiger partial charge on any atom is 2.00 e. The Hall–Kier alpha value is -0.877. The number of hydrogen-bond donors (Lipinski definition) is 0. The van der Waals surface area contributed by atoms with Crippen LogP contribution in [-0.4, -0.2) is 7.11 Å². The molecule has 14 heavy (non-hydrogen) atoms. The molecule has 0 N–H and O–H groups in total. The van der Waals surface area contributed by atoms with E-state index in [1.54, 1.807) is 7.11 Å². The molecular weight excluding hydrogens is 226 g/mol. The van der Waals surface area contributed by atoms with E-state index in [0.29, 0.717) is 0 Å². The Bertz CT molecular complexity index is 398. The molecule has 2 aromatic rings. The van der Waals surface area contributed by atoms with Crippen molar-refractivity contribution in [1.29, 1.82) is 0 Å². The van der Waals surface area contributed by atoms with Gasteiger partial charge in [0.05, 0.1) is 7.11 Å². The van der Waals surface area contributed by atoms with Gasteiger partial charge in [0, 0.05) is 5.75 Å². The minimum atomic E-state index is 0. The molecule has 2 rings (SSSR count). The third-order valence-electron chi connectivity index (χ3n) is 1.85. The molecule has 0 unspecified atom stereocenters. The second kappa shape index (κ2) is 5.77. The van der Waals surface area contributed by atoms with E-state index in [1.165, 1.54) is 5.39 Å². The molecule has 0 fully saturated rings. The summed E-state index contributed by atoms with van der Waals surface area (Å²) in [4.78, 5) is 0. The van der Waals surface area contributed by atoms with Crippen LogP contribution in [0.25, 0.3) is 10.8 Å². The normalized spacial score (nSPS) is 8.64. The van der Waals surface area contributed by atoms with Gasteiger partial charge in [-0.25, -0.2) is 0 Å². The largest absolute Gasteiger partial charge is 2.00 e. The fraction of sp³-hybridized carbons (Fsp3) is 0.0833. The Balaban J connectivity index is 0.000000845. The zero-order valence-electron chi connectivity index (χ0n) is 8.58. The quantitative estimate of drug-likeness (QED) is 0.547. The standard InChI is InChI=1S/C11H9O.CH3.Zn/c1-12-11-7-6-9-4-2-3-5-10(9)8-11;;/h2-7H,1H3;1H3;/q2*-1;+2. The van der Waals surface area contributed by atoms with Gasteiger partial charge in [0.15, 0.2) is 0 Å². The minimum absolute atomic E-state index is 0. The third-order valence-corrected chi connectivity index (χ3v) is 1.85. The summed E-state index contributed by atoms with van der Waals surface area (Å²) >= 11 is 0. The van der Waals surface area contributed by atoms with Crippen molar-refractivity contribution in [3.05, 3.63) is 49.9 Å². The Morgan fingerprint density at radius 2 is 1.79 bits per heavy atom. The van der Waals surface area contributed by atoms with Crippen molar-refractivity contribution < 1.29 is 24.2 Å². The van der Waals surface area contributed by atoms with Gasteiger partial charge in [-0.1, -0.05) is 18.2 Å². The summed E-state index contributed by atoms with van der Waals surface area (Å²) in [5, 5.41) is 2.29. The van der Waals surface area contributed by atoms with Crippen LogP contribution in [0, 0.1) is 13.5 Å². The number of rotatable bonds is 1. The summed E-state index contributed by atoms with van der Waals surface area (Å²) in [6.07, 6.45) is 0. The molecule has 0 radical (unpaired) electrons. The average molecular weight is 238 g/mol. The summed E-state index contributed by atoms with van der Waals surface area (Å²) in [5.74, 6) is 0.786. The van der Waals surface area contributed by atoms with E-state index in [-0.39, 0.29) is 26.9 Å². The van der Waals surface area contributed by atoms with Crippen LogP contribution in [0.15, 0.2) is 36.4 Å². The van der Waals surface area contributed by atoms with Crippen molar-refractivity contribution in [3.63, 3.8) is 0 Å². The summed E-state index contributed by atoms with van der Waals surface area (Å²) in [6.45, 7) is 0. The van der Waals surface area contributed by atoms with E-state index >= 15 is 0 Å². The van der Waals surface area contributed by atoms with E-state index in [1.807, 2.05) is 30.3 Å². The minimum Gasteiger partial charge on any atom is -0.516 e. The van der Waals surface area contributed by atoms with Crippen LogP contribution in [0.1, 0.15) is 0 Å². The molecule has 0 bridgehead atoms. The van der Waals surface area contributed by atoms with Gasteiger partial charge < -0.3 is 12.2 Å². The van der Waals surface area contributed by atoms with Crippen molar-refractivity contribution in [3.8, 4) is 5.75 Å². The van der Waals surface area contributed by atoms with Gasteiger partial charge in [-0.15, -0.1) is 35.0 Å². The van der Waals surface area contributed by atoms with Crippen molar-refractivity contribution in [1.82, 2.24) is 0 Å². The van der Waals surface area contributed by atoms with Crippen LogP contribution in [-0.2, 0) is 19.5 Å². The maximum atomic E-state index is 5.07. The number of fused-ring (bicyclic) bond motifs is 1. The number of methoxy groups -OCH3 is 1. The van der Waals surface area contributed by atoms with E-state index in [0.717, 1.165) is 11.1 Å². The topological polar surface area (TPSA) is 9.23 Å². The molecule has 0 amide bonds. The Kier molecular flexibility index (Phi) is 5.41. The molecule has 0 heterocycles. The summed E-state index contributed by atoms with van der Waals surface area (Å²) in [5.41, 5.74) is 0. The molecule has 0 atom stereocenters. The van der Waals surface area contributed by atoms with E-state index in [9.17, 15) is 0 Å². The molecule has 1 nitrogen and oxygen atoms in total. The predicted molar refractivity (Wildman–Crippen MR) is 55.8 cm³/mol. The second-order valence-corrected chi connectivity index (χ2v) is 2.61. The zero-order valence-corrected chi connectivity index (χ0v) is 11.5.